The molecule has 112 valence electrons. The number of ether oxygens (including phenoxy) is 1. The molecule has 0 radical (unpaired) electrons. The molecule has 1 aliphatic heterocycles. The molecule has 0 atom stereocenters. The van der Waals surface area contributed by atoms with Gasteiger partial charge < -0.3 is 19.9 Å². The number of aryl methyl sites for hydroxylation is 1. The van der Waals surface area contributed by atoms with E-state index in [4.69, 9.17) is 4.74 Å². The molecule has 1 aromatic rings. The summed E-state index contributed by atoms with van der Waals surface area (Å²) >= 11 is 0. The Labute approximate surface area is 119 Å². The standard InChI is InChI=1S/C14H24N4O2/c19-14(4-9-18-10-8-16-12-18)17-5-1-11-20-13-2-6-15-7-3-13/h8,10,12-13,15H,1-7,9,11H2,(H,17,19). The zero-order valence-electron chi connectivity index (χ0n) is 11.9. The van der Waals surface area contributed by atoms with Crippen molar-refractivity contribution in [3.8, 4) is 0 Å². The number of carbonyl (C=O) groups excluding carboxylic acids is 1. The fourth-order valence-corrected chi connectivity index (χ4v) is 2.25. The lowest BCUT2D eigenvalue weighted by atomic mass is 10.1. The van der Waals surface area contributed by atoms with E-state index in [-0.39, 0.29) is 5.91 Å². The summed E-state index contributed by atoms with van der Waals surface area (Å²) in [7, 11) is 0. The Balaban J connectivity index is 1.45. The summed E-state index contributed by atoms with van der Waals surface area (Å²) in [6, 6.07) is 0. The monoisotopic (exact) mass is 280 g/mol. The van der Waals surface area contributed by atoms with Crippen molar-refractivity contribution in [1.82, 2.24) is 20.2 Å². The number of hydrogen-bond acceptors (Lipinski definition) is 4. The van der Waals surface area contributed by atoms with Gasteiger partial charge in [-0.1, -0.05) is 0 Å². The molecule has 2 N–H and O–H groups in total. The predicted molar refractivity (Wildman–Crippen MR) is 76.3 cm³/mol. The second-order valence-electron chi connectivity index (χ2n) is 5.07. The molecule has 2 rings (SSSR count). The maximum Gasteiger partial charge on any atom is 0.221 e. The number of amides is 1. The van der Waals surface area contributed by atoms with Crippen LogP contribution in [0, 0.1) is 0 Å². The molecule has 1 amide bonds. The molecule has 0 unspecified atom stereocenters. The highest BCUT2D eigenvalue weighted by molar-refractivity contribution is 5.75. The quantitative estimate of drug-likeness (QED) is 0.682. The number of imidazole rings is 1. The summed E-state index contributed by atoms with van der Waals surface area (Å²) in [5.74, 6) is 0.0839. The smallest absolute Gasteiger partial charge is 0.221 e. The van der Waals surface area contributed by atoms with Gasteiger partial charge in [-0.25, -0.2) is 4.98 Å². The average molecular weight is 280 g/mol. The molecule has 1 fully saturated rings. The molecule has 20 heavy (non-hydrogen) atoms. The van der Waals surface area contributed by atoms with Crippen molar-refractivity contribution in [3.63, 3.8) is 0 Å². The third-order valence-electron chi connectivity index (χ3n) is 3.44. The molecule has 1 aromatic heterocycles. The topological polar surface area (TPSA) is 68.2 Å². The fourth-order valence-electron chi connectivity index (χ4n) is 2.25. The van der Waals surface area contributed by atoms with Gasteiger partial charge in [0.2, 0.25) is 5.91 Å². The second kappa shape index (κ2) is 8.71. The van der Waals surface area contributed by atoms with E-state index in [9.17, 15) is 4.79 Å². The van der Waals surface area contributed by atoms with Crippen molar-refractivity contribution in [2.24, 2.45) is 0 Å². The van der Waals surface area contributed by atoms with Gasteiger partial charge in [0, 0.05) is 38.5 Å². The molecule has 0 aliphatic carbocycles. The summed E-state index contributed by atoms with van der Waals surface area (Å²) in [4.78, 5) is 15.6. The lowest BCUT2D eigenvalue weighted by molar-refractivity contribution is -0.121. The largest absolute Gasteiger partial charge is 0.378 e. The van der Waals surface area contributed by atoms with Gasteiger partial charge in [-0.15, -0.1) is 0 Å². The van der Waals surface area contributed by atoms with Gasteiger partial charge in [-0.05, 0) is 32.4 Å². The first-order chi connectivity index (χ1) is 9.84. The first-order valence-electron chi connectivity index (χ1n) is 7.39. The van der Waals surface area contributed by atoms with Gasteiger partial charge in [0.05, 0.1) is 12.4 Å². The summed E-state index contributed by atoms with van der Waals surface area (Å²) < 4.78 is 7.68. The second-order valence-corrected chi connectivity index (χ2v) is 5.07. The summed E-state index contributed by atoms with van der Waals surface area (Å²) in [5, 5.41) is 6.23. The Morgan fingerprint density at radius 1 is 1.45 bits per heavy atom. The molecule has 0 spiro atoms. The molecule has 6 nitrogen and oxygen atoms in total. The van der Waals surface area contributed by atoms with Crippen molar-refractivity contribution in [2.45, 2.75) is 38.3 Å². The molecule has 1 saturated heterocycles. The SMILES string of the molecule is O=C(CCn1ccnc1)NCCCOC1CCNCC1. The highest BCUT2D eigenvalue weighted by Crippen LogP contribution is 2.07. The number of nitrogens with zero attached hydrogens (tertiary/aromatic N) is 2. The molecule has 0 bridgehead atoms. The Morgan fingerprint density at radius 2 is 2.30 bits per heavy atom. The van der Waals surface area contributed by atoms with Crippen LogP contribution in [0.2, 0.25) is 0 Å². The summed E-state index contributed by atoms with van der Waals surface area (Å²) in [6.07, 6.45) is 9.25. The molecular weight excluding hydrogens is 256 g/mol. The van der Waals surface area contributed by atoms with E-state index in [0.717, 1.165) is 39.0 Å². The Kier molecular flexibility index (Phi) is 6.53. The van der Waals surface area contributed by atoms with Crippen molar-refractivity contribution < 1.29 is 9.53 Å². The van der Waals surface area contributed by atoms with Gasteiger partial charge in [0.15, 0.2) is 0 Å². The van der Waals surface area contributed by atoms with Crippen LogP contribution in [0.5, 0.6) is 0 Å². The number of aromatic nitrogens is 2. The van der Waals surface area contributed by atoms with Gasteiger partial charge in [-0.3, -0.25) is 4.79 Å². The van der Waals surface area contributed by atoms with Crippen molar-refractivity contribution >= 4 is 5.91 Å². The van der Waals surface area contributed by atoms with Crippen LogP contribution < -0.4 is 10.6 Å². The molecule has 6 heteroatoms. The lowest BCUT2D eigenvalue weighted by Crippen LogP contribution is -2.33. The van der Waals surface area contributed by atoms with Gasteiger partial charge >= 0.3 is 0 Å². The van der Waals surface area contributed by atoms with Crippen LogP contribution in [0.3, 0.4) is 0 Å². The molecular formula is C14H24N4O2. The molecule has 0 saturated carbocycles. The maximum atomic E-state index is 11.6. The Bertz CT molecular complexity index is 375. The zero-order chi connectivity index (χ0) is 14.0. The minimum absolute atomic E-state index is 0.0839. The Morgan fingerprint density at radius 3 is 3.05 bits per heavy atom. The van der Waals surface area contributed by atoms with Crippen LogP contribution in [0.25, 0.3) is 0 Å². The predicted octanol–water partition coefficient (Wildman–Crippen LogP) is 0.548. The third-order valence-corrected chi connectivity index (χ3v) is 3.44. The van der Waals surface area contributed by atoms with Crippen LogP contribution in [0.4, 0.5) is 0 Å². The number of hydrogen-bond donors (Lipinski definition) is 2. The van der Waals surface area contributed by atoms with E-state index in [1.54, 1.807) is 12.5 Å². The van der Waals surface area contributed by atoms with Crippen LogP contribution in [0.15, 0.2) is 18.7 Å². The number of piperidine rings is 1. The van der Waals surface area contributed by atoms with Crippen molar-refractivity contribution in [1.29, 1.82) is 0 Å². The van der Waals surface area contributed by atoms with Gasteiger partial charge in [0.1, 0.15) is 0 Å². The Hall–Kier alpha value is -1.40. The van der Waals surface area contributed by atoms with E-state index >= 15 is 0 Å². The van der Waals surface area contributed by atoms with E-state index < -0.39 is 0 Å². The van der Waals surface area contributed by atoms with E-state index in [1.807, 2.05) is 10.8 Å². The highest BCUT2D eigenvalue weighted by atomic mass is 16.5. The molecule has 0 aromatic carbocycles. The first kappa shape index (κ1) is 15.0. The van der Waals surface area contributed by atoms with Crippen molar-refractivity contribution in [2.75, 3.05) is 26.2 Å². The normalized spacial score (nSPS) is 16.2. The zero-order valence-corrected chi connectivity index (χ0v) is 11.9. The van der Waals surface area contributed by atoms with Gasteiger partial charge in [-0.2, -0.15) is 0 Å². The molecule has 2 heterocycles. The average Bonchev–Trinajstić information content (AvgIpc) is 2.99. The van der Waals surface area contributed by atoms with Crippen LogP contribution in [-0.4, -0.2) is 47.8 Å². The van der Waals surface area contributed by atoms with E-state index in [2.05, 4.69) is 15.6 Å². The van der Waals surface area contributed by atoms with E-state index in [0.29, 0.717) is 25.6 Å². The minimum atomic E-state index is 0.0839. The van der Waals surface area contributed by atoms with Crippen LogP contribution in [-0.2, 0) is 16.1 Å². The summed E-state index contributed by atoms with van der Waals surface area (Å²) in [6.45, 7) is 4.20. The van der Waals surface area contributed by atoms with Crippen LogP contribution in [0.1, 0.15) is 25.7 Å². The number of rotatable bonds is 8. The fraction of sp³-hybridized carbons (Fsp3) is 0.714. The highest BCUT2D eigenvalue weighted by Gasteiger charge is 2.12. The lowest BCUT2D eigenvalue weighted by Gasteiger charge is -2.22. The molecule has 1 aliphatic rings. The minimum Gasteiger partial charge on any atom is -0.378 e. The third kappa shape index (κ3) is 5.71. The number of nitrogens with one attached hydrogen (secondary N) is 2. The van der Waals surface area contributed by atoms with Gasteiger partial charge in [0.25, 0.3) is 0 Å². The first-order valence-corrected chi connectivity index (χ1v) is 7.39. The summed E-state index contributed by atoms with van der Waals surface area (Å²) in [5.41, 5.74) is 0. The van der Waals surface area contributed by atoms with E-state index in [1.165, 1.54) is 0 Å². The maximum absolute atomic E-state index is 11.6. The van der Waals surface area contributed by atoms with Crippen LogP contribution >= 0.6 is 0 Å². The number of carbonyl (C=O) groups is 1. The van der Waals surface area contributed by atoms with Crippen molar-refractivity contribution in [3.05, 3.63) is 18.7 Å².